The van der Waals surface area contributed by atoms with Crippen molar-refractivity contribution in [2.45, 2.75) is 58.8 Å². The second-order valence-corrected chi connectivity index (χ2v) is 6.55. The molecule has 1 unspecified atom stereocenters. The van der Waals surface area contributed by atoms with Crippen molar-refractivity contribution >= 4 is 22.4 Å². The number of ether oxygens (including phenoxy) is 1. The van der Waals surface area contributed by atoms with Crippen LogP contribution in [0, 0.1) is 0 Å². The minimum atomic E-state index is -0.149. The normalized spacial score (nSPS) is 17.4. The summed E-state index contributed by atoms with van der Waals surface area (Å²) in [5, 5.41) is 1.08. The lowest BCUT2D eigenvalue weighted by atomic mass is 9.91. The number of aromatic nitrogens is 1. The highest BCUT2D eigenvalue weighted by molar-refractivity contribution is 7.15. The van der Waals surface area contributed by atoms with Crippen LogP contribution >= 0.6 is 11.3 Å². The van der Waals surface area contributed by atoms with Gasteiger partial charge in [0.05, 0.1) is 12.3 Å². The second-order valence-electron chi connectivity index (χ2n) is 5.49. The molecule has 5 heteroatoms. The third kappa shape index (κ3) is 3.76. The molecule has 0 saturated carbocycles. The van der Waals surface area contributed by atoms with Gasteiger partial charge in [-0.05, 0) is 39.0 Å². The Balaban J connectivity index is 2.23. The van der Waals surface area contributed by atoms with Crippen LogP contribution in [0.4, 0.5) is 5.13 Å². The quantitative estimate of drug-likeness (QED) is 0.719. The minimum absolute atomic E-state index is 0.104. The van der Waals surface area contributed by atoms with Crippen molar-refractivity contribution in [3.05, 3.63) is 10.6 Å². The molecule has 1 aliphatic carbocycles. The molecule has 0 saturated heterocycles. The molecule has 0 amide bonds. The first-order valence-electron chi connectivity index (χ1n) is 8.12. The van der Waals surface area contributed by atoms with Crippen LogP contribution in [0.15, 0.2) is 0 Å². The third-order valence-electron chi connectivity index (χ3n) is 3.77. The Morgan fingerprint density at radius 1 is 1.33 bits per heavy atom. The molecule has 2 rings (SSSR count). The Morgan fingerprint density at radius 2 is 2.05 bits per heavy atom. The van der Waals surface area contributed by atoms with E-state index in [1.807, 2.05) is 6.92 Å². The summed E-state index contributed by atoms with van der Waals surface area (Å²) >= 11 is 1.77. The van der Waals surface area contributed by atoms with Gasteiger partial charge in [-0.3, -0.25) is 4.79 Å². The number of esters is 1. The van der Waals surface area contributed by atoms with Gasteiger partial charge in [-0.15, -0.1) is 11.3 Å². The monoisotopic (exact) mass is 310 g/mol. The Bertz CT molecular complexity index is 467. The van der Waals surface area contributed by atoms with E-state index < -0.39 is 0 Å². The first-order valence-corrected chi connectivity index (χ1v) is 8.94. The first-order chi connectivity index (χ1) is 10.2. The number of fused-ring (bicyclic) bond motifs is 1. The van der Waals surface area contributed by atoms with Crippen molar-refractivity contribution in [3.8, 4) is 0 Å². The van der Waals surface area contributed by atoms with Gasteiger partial charge in [0.2, 0.25) is 0 Å². The topological polar surface area (TPSA) is 42.4 Å². The van der Waals surface area contributed by atoms with E-state index in [1.165, 1.54) is 4.88 Å². The van der Waals surface area contributed by atoms with Crippen LogP contribution in [0.25, 0.3) is 0 Å². The molecule has 0 spiro atoms. The molecule has 0 fully saturated rings. The van der Waals surface area contributed by atoms with Crippen LogP contribution in [0.3, 0.4) is 0 Å². The van der Waals surface area contributed by atoms with Gasteiger partial charge in [0, 0.05) is 18.0 Å². The molecule has 0 aliphatic heterocycles. The molecule has 4 nitrogen and oxygen atoms in total. The summed E-state index contributed by atoms with van der Waals surface area (Å²) in [4.78, 5) is 20.6. The highest BCUT2D eigenvalue weighted by Crippen LogP contribution is 2.38. The molecule has 21 heavy (non-hydrogen) atoms. The predicted octanol–water partition coefficient (Wildman–Crippen LogP) is 3.75. The van der Waals surface area contributed by atoms with Crippen LogP contribution < -0.4 is 4.90 Å². The van der Waals surface area contributed by atoms with Crippen molar-refractivity contribution in [1.82, 2.24) is 4.98 Å². The number of anilines is 1. The Morgan fingerprint density at radius 3 is 2.67 bits per heavy atom. The molecular weight excluding hydrogens is 284 g/mol. The van der Waals surface area contributed by atoms with Crippen molar-refractivity contribution in [2.24, 2.45) is 0 Å². The van der Waals surface area contributed by atoms with Gasteiger partial charge < -0.3 is 9.64 Å². The van der Waals surface area contributed by atoms with Gasteiger partial charge in [-0.25, -0.2) is 4.98 Å². The smallest absolute Gasteiger partial charge is 0.315 e. The average Bonchev–Trinajstić information content (AvgIpc) is 2.91. The number of aryl methyl sites for hydroxylation is 1. The summed E-state index contributed by atoms with van der Waals surface area (Å²) in [6, 6.07) is 0. The molecule has 1 aliphatic rings. The third-order valence-corrected chi connectivity index (χ3v) is 4.96. The number of carbonyl (C=O) groups is 1. The maximum absolute atomic E-state index is 12.1. The van der Waals surface area contributed by atoms with E-state index in [0.717, 1.165) is 56.0 Å². The maximum Gasteiger partial charge on any atom is 0.315 e. The van der Waals surface area contributed by atoms with Gasteiger partial charge in [-0.2, -0.15) is 0 Å². The molecule has 118 valence electrons. The molecule has 1 atom stereocenters. The Hall–Kier alpha value is -1.10. The standard InChI is InChI=1S/C16H26N2O2S/c1-4-10-18(11-5-2)16-17-14-12(15(19)20-6-3)8-7-9-13(14)21-16/h12H,4-11H2,1-3H3. The summed E-state index contributed by atoms with van der Waals surface area (Å²) in [6.45, 7) is 8.75. The van der Waals surface area contributed by atoms with Crippen LogP contribution in [-0.2, 0) is 16.0 Å². The van der Waals surface area contributed by atoms with E-state index in [0.29, 0.717) is 6.61 Å². The van der Waals surface area contributed by atoms with Gasteiger partial charge in [-0.1, -0.05) is 13.8 Å². The summed E-state index contributed by atoms with van der Waals surface area (Å²) in [6.07, 6.45) is 5.21. The van der Waals surface area contributed by atoms with Crippen molar-refractivity contribution in [1.29, 1.82) is 0 Å². The highest BCUT2D eigenvalue weighted by atomic mass is 32.1. The van der Waals surface area contributed by atoms with Crippen LogP contribution in [0.5, 0.6) is 0 Å². The lowest BCUT2D eigenvalue weighted by Crippen LogP contribution is -2.25. The zero-order valence-corrected chi connectivity index (χ0v) is 14.2. The SMILES string of the molecule is CCCN(CCC)c1nc2c(s1)CCCC2C(=O)OCC. The average molecular weight is 310 g/mol. The van der Waals surface area contributed by atoms with E-state index in [4.69, 9.17) is 9.72 Å². The van der Waals surface area contributed by atoms with E-state index in [9.17, 15) is 4.79 Å². The molecule has 0 N–H and O–H groups in total. The summed E-state index contributed by atoms with van der Waals surface area (Å²) < 4.78 is 5.22. The molecule has 1 aromatic rings. The number of carbonyl (C=O) groups excluding carboxylic acids is 1. The Kier molecular flexibility index (Phi) is 6.03. The summed E-state index contributed by atoms with van der Waals surface area (Å²) in [5.41, 5.74) is 0.983. The van der Waals surface area contributed by atoms with Crippen molar-refractivity contribution in [2.75, 3.05) is 24.6 Å². The molecule has 0 radical (unpaired) electrons. The number of nitrogens with zero attached hydrogens (tertiary/aromatic N) is 2. The van der Waals surface area contributed by atoms with E-state index in [1.54, 1.807) is 11.3 Å². The van der Waals surface area contributed by atoms with Crippen LogP contribution in [0.1, 0.15) is 62.9 Å². The molecule has 1 aromatic heterocycles. The number of thiazole rings is 1. The van der Waals surface area contributed by atoms with Crippen molar-refractivity contribution < 1.29 is 9.53 Å². The fourth-order valence-electron chi connectivity index (χ4n) is 2.86. The van der Waals surface area contributed by atoms with Crippen LogP contribution in [-0.4, -0.2) is 30.6 Å². The maximum atomic E-state index is 12.1. The van der Waals surface area contributed by atoms with Gasteiger partial charge >= 0.3 is 5.97 Å². The zero-order valence-electron chi connectivity index (χ0n) is 13.4. The lowest BCUT2D eigenvalue weighted by molar-refractivity contribution is -0.145. The Labute approximate surface area is 131 Å². The van der Waals surface area contributed by atoms with E-state index >= 15 is 0 Å². The van der Waals surface area contributed by atoms with Crippen molar-refractivity contribution in [3.63, 3.8) is 0 Å². The number of hydrogen-bond acceptors (Lipinski definition) is 5. The van der Waals surface area contributed by atoms with Gasteiger partial charge in [0.25, 0.3) is 0 Å². The first kappa shape index (κ1) is 16.3. The number of rotatable bonds is 7. The zero-order chi connectivity index (χ0) is 15.2. The molecular formula is C16H26N2O2S. The highest BCUT2D eigenvalue weighted by Gasteiger charge is 2.31. The summed E-state index contributed by atoms with van der Waals surface area (Å²) in [5.74, 6) is -0.253. The van der Waals surface area contributed by atoms with Crippen LogP contribution in [0.2, 0.25) is 0 Å². The minimum Gasteiger partial charge on any atom is -0.465 e. The second kappa shape index (κ2) is 7.78. The van der Waals surface area contributed by atoms with E-state index in [-0.39, 0.29) is 11.9 Å². The molecule has 0 aromatic carbocycles. The van der Waals surface area contributed by atoms with Gasteiger partial charge in [0.1, 0.15) is 5.92 Å². The van der Waals surface area contributed by atoms with E-state index in [2.05, 4.69) is 18.7 Å². The molecule has 1 heterocycles. The summed E-state index contributed by atoms with van der Waals surface area (Å²) in [7, 11) is 0. The fourth-order valence-corrected chi connectivity index (χ4v) is 4.07. The lowest BCUT2D eigenvalue weighted by Gasteiger charge is -2.20. The fraction of sp³-hybridized carbons (Fsp3) is 0.750. The molecule has 0 bridgehead atoms. The largest absolute Gasteiger partial charge is 0.465 e. The van der Waals surface area contributed by atoms with Gasteiger partial charge in [0.15, 0.2) is 5.13 Å². The predicted molar refractivity (Wildman–Crippen MR) is 87.2 cm³/mol. The number of hydrogen-bond donors (Lipinski definition) is 0.